The molecule has 0 aliphatic carbocycles. The first kappa shape index (κ1) is 14.0. The zero-order valence-corrected chi connectivity index (χ0v) is 10.6. The number of amidine groups is 1. The third-order valence-electron chi connectivity index (χ3n) is 2.14. The van der Waals surface area contributed by atoms with Crippen molar-refractivity contribution in [3.05, 3.63) is 23.9 Å². The van der Waals surface area contributed by atoms with Crippen molar-refractivity contribution in [2.24, 2.45) is 4.99 Å². The van der Waals surface area contributed by atoms with E-state index >= 15 is 0 Å². The molecule has 1 rings (SSSR count). The second-order valence-electron chi connectivity index (χ2n) is 3.65. The zero-order valence-electron chi connectivity index (χ0n) is 10.6. The molecule has 0 bridgehead atoms. The number of pyridine rings is 1. The minimum atomic E-state index is -0.291. The number of rotatable bonds is 5. The van der Waals surface area contributed by atoms with Gasteiger partial charge in [0.2, 0.25) is 0 Å². The third kappa shape index (κ3) is 5.29. The van der Waals surface area contributed by atoms with Crippen molar-refractivity contribution in [1.82, 2.24) is 10.3 Å². The Morgan fingerprint density at radius 2 is 2.33 bits per heavy atom. The number of aromatic nitrogens is 1. The van der Waals surface area contributed by atoms with E-state index in [1.165, 1.54) is 0 Å². The molecule has 0 saturated carbocycles. The van der Waals surface area contributed by atoms with Gasteiger partial charge in [-0.15, -0.1) is 0 Å². The first-order chi connectivity index (χ1) is 8.61. The molecule has 0 aliphatic rings. The molecule has 0 aromatic carbocycles. The van der Waals surface area contributed by atoms with Crippen molar-refractivity contribution >= 4 is 17.6 Å². The molecule has 0 atom stereocenters. The number of hydrogen-bond donors (Lipinski definition) is 2. The Balaban J connectivity index is 2.37. The summed E-state index contributed by atoms with van der Waals surface area (Å²) in [5, 5.41) is 2.88. The Kier molecular flexibility index (Phi) is 5.63. The summed E-state index contributed by atoms with van der Waals surface area (Å²) < 4.78 is 4.79. The van der Waals surface area contributed by atoms with E-state index in [9.17, 15) is 4.79 Å². The number of carbonyl (C=O) groups is 1. The van der Waals surface area contributed by atoms with E-state index in [2.05, 4.69) is 15.3 Å². The maximum atomic E-state index is 11.1. The average molecular weight is 250 g/mol. The average Bonchev–Trinajstić information content (AvgIpc) is 2.36. The van der Waals surface area contributed by atoms with Gasteiger partial charge in [0.15, 0.2) is 0 Å². The summed E-state index contributed by atoms with van der Waals surface area (Å²) in [5.41, 5.74) is 6.44. The Hall–Kier alpha value is -2.11. The zero-order chi connectivity index (χ0) is 13.4. The number of nitrogens with two attached hydrogens (primary N) is 1. The van der Waals surface area contributed by atoms with Crippen molar-refractivity contribution < 1.29 is 9.53 Å². The van der Waals surface area contributed by atoms with Gasteiger partial charge in [0.25, 0.3) is 0 Å². The van der Waals surface area contributed by atoms with Crippen LogP contribution < -0.4 is 11.1 Å². The van der Waals surface area contributed by atoms with Gasteiger partial charge in [-0.2, -0.15) is 0 Å². The van der Waals surface area contributed by atoms with Crippen molar-refractivity contribution in [2.45, 2.75) is 20.4 Å². The van der Waals surface area contributed by atoms with Gasteiger partial charge < -0.3 is 15.8 Å². The molecular formula is C12H18N4O2. The van der Waals surface area contributed by atoms with Gasteiger partial charge in [-0.05, 0) is 25.5 Å². The lowest BCUT2D eigenvalue weighted by Gasteiger charge is -2.05. The van der Waals surface area contributed by atoms with Crippen molar-refractivity contribution in [3.8, 4) is 0 Å². The molecule has 0 amide bonds. The molecule has 18 heavy (non-hydrogen) atoms. The van der Waals surface area contributed by atoms with Crippen molar-refractivity contribution in [1.29, 1.82) is 0 Å². The van der Waals surface area contributed by atoms with Crippen LogP contribution >= 0.6 is 0 Å². The Morgan fingerprint density at radius 3 is 2.94 bits per heavy atom. The van der Waals surface area contributed by atoms with Gasteiger partial charge >= 0.3 is 5.97 Å². The van der Waals surface area contributed by atoms with Crippen LogP contribution in [0.25, 0.3) is 0 Å². The standard InChI is InChI=1S/C12H18N4O2/c1-3-18-12(17)8-15-9(2)14-6-10-4-5-11(13)16-7-10/h4-5,7H,3,6,8H2,1-2H3,(H2,13,16)(H,14,15). The summed E-state index contributed by atoms with van der Waals surface area (Å²) in [6.45, 7) is 4.57. The van der Waals surface area contributed by atoms with Gasteiger partial charge in [0, 0.05) is 6.20 Å². The predicted octanol–water partition coefficient (Wildman–Crippen LogP) is 0.735. The Labute approximate surface area is 106 Å². The fourth-order valence-corrected chi connectivity index (χ4v) is 1.21. The number of nitrogen functional groups attached to an aromatic ring is 1. The lowest BCUT2D eigenvalue weighted by molar-refractivity contribution is -0.141. The maximum absolute atomic E-state index is 11.1. The number of esters is 1. The SMILES string of the molecule is CCOC(=O)CNC(C)=NCc1ccc(N)nc1. The molecule has 0 radical (unpaired) electrons. The van der Waals surface area contributed by atoms with Gasteiger partial charge in [-0.3, -0.25) is 9.79 Å². The third-order valence-corrected chi connectivity index (χ3v) is 2.14. The van der Waals surface area contributed by atoms with E-state index in [4.69, 9.17) is 10.5 Å². The quantitative estimate of drug-likeness (QED) is 0.457. The highest BCUT2D eigenvalue weighted by molar-refractivity contribution is 5.84. The summed E-state index contributed by atoms with van der Waals surface area (Å²) in [5.74, 6) is 0.876. The normalized spacial score (nSPS) is 11.1. The molecule has 3 N–H and O–H groups in total. The second-order valence-corrected chi connectivity index (χ2v) is 3.65. The fraction of sp³-hybridized carbons (Fsp3) is 0.417. The molecular weight excluding hydrogens is 232 g/mol. The molecule has 1 heterocycles. The van der Waals surface area contributed by atoms with E-state index in [0.29, 0.717) is 24.8 Å². The molecule has 0 fully saturated rings. The number of hydrogen-bond acceptors (Lipinski definition) is 5. The summed E-state index contributed by atoms with van der Waals surface area (Å²) in [6.07, 6.45) is 1.68. The monoisotopic (exact) mass is 250 g/mol. The van der Waals surface area contributed by atoms with Crippen LogP contribution in [0.4, 0.5) is 5.82 Å². The van der Waals surface area contributed by atoms with E-state index < -0.39 is 0 Å². The van der Waals surface area contributed by atoms with E-state index in [1.54, 1.807) is 26.1 Å². The van der Waals surface area contributed by atoms with Gasteiger partial charge in [0.05, 0.1) is 19.0 Å². The van der Waals surface area contributed by atoms with Crippen LogP contribution in [0.3, 0.4) is 0 Å². The molecule has 0 aliphatic heterocycles. The predicted molar refractivity (Wildman–Crippen MR) is 70.1 cm³/mol. The van der Waals surface area contributed by atoms with Crippen LogP contribution in [-0.4, -0.2) is 29.9 Å². The number of nitrogens with zero attached hydrogens (tertiary/aromatic N) is 2. The van der Waals surface area contributed by atoms with Crippen molar-refractivity contribution in [3.63, 3.8) is 0 Å². The molecule has 1 aromatic rings. The van der Waals surface area contributed by atoms with Crippen LogP contribution in [0.2, 0.25) is 0 Å². The van der Waals surface area contributed by atoms with Gasteiger partial charge in [0.1, 0.15) is 12.4 Å². The molecule has 1 aromatic heterocycles. The molecule has 98 valence electrons. The topological polar surface area (TPSA) is 89.6 Å². The first-order valence-corrected chi connectivity index (χ1v) is 5.72. The summed E-state index contributed by atoms with van der Waals surface area (Å²) >= 11 is 0. The fourth-order valence-electron chi connectivity index (χ4n) is 1.21. The molecule has 0 saturated heterocycles. The lowest BCUT2D eigenvalue weighted by Crippen LogP contribution is -2.28. The van der Waals surface area contributed by atoms with E-state index in [-0.39, 0.29) is 12.5 Å². The highest BCUT2D eigenvalue weighted by Gasteiger charge is 2.00. The Bertz CT molecular complexity index is 415. The van der Waals surface area contributed by atoms with Crippen LogP contribution in [-0.2, 0) is 16.1 Å². The van der Waals surface area contributed by atoms with Crippen molar-refractivity contribution in [2.75, 3.05) is 18.9 Å². The van der Waals surface area contributed by atoms with Crippen LogP contribution in [0.15, 0.2) is 23.3 Å². The maximum Gasteiger partial charge on any atom is 0.325 e. The highest BCUT2D eigenvalue weighted by atomic mass is 16.5. The van der Waals surface area contributed by atoms with Crippen LogP contribution in [0.1, 0.15) is 19.4 Å². The number of carbonyl (C=O) groups excluding carboxylic acids is 1. The molecule has 0 spiro atoms. The van der Waals surface area contributed by atoms with Gasteiger partial charge in [-0.25, -0.2) is 4.98 Å². The second kappa shape index (κ2) is 7.26. The van der Waals surface area contributed by atoms with Crippen LogP contribution in [0, 0.1) is 0 Å². The number of aliphatic imine (C=N–C) groups is 1. The van der Waals surface area contributed by atoms with Gasteiger partial charge in [-0.1, -0.05) is 6.07 Å². The molecule has 6 heteroatoms. The minimum absolute atomic E-state index is 0.128. The van der Waals surface area contributed by atoms with E-state index in [0.717, 1.165) is 5.56 Å². The molecule has 6 nitrogen and oxygen atoms in total. The Morgan fingerprint density at radius 1 is 1.56 bits per heavy atom. The smallest absolute Gasteiger partial charge is 0.325 e. The number of anilines is 1. The summed E-state index contributed by atoms with van der Waals surface area (Å²) in [4.78, 5) is 19.3. The lowest BCUT2D eigenvalue weighted by atomic mass is 10.3. The summed E-state index contributed by atoms with van der Waals surface area (Å²) in [6, 6.07) is 3.59. The van der Waals surface area contributed by atoms with E-state index in [1.807, 2.05) is 6.07 Å². The highest BCUT2D eigenvalue weighted by Crippen LogP contribution is 2.02. The first-order valence-electron chi connectivity index (χ1n) is 5.72. The summed E-state index contributed by atoms with van der Waals surface area (Å²) in [7, 11) is 0. The molecule has 0 unspecified atom stereocenters. The minimum Gasteiger partial charge on any atom is -0.465 e. The number of nitrogens with one attached hydrogen (secondary N) is 1. The largest absolute Gasteiger partial charge is 0.465 e. The number of ether oxygens (including phenoxy) is 1. The van der Waals surface area contributed by atoms with Crippen LogP contribution in [0.5, 0.6) is 0 Å².